The van der Waals surface area contributed by atoms with Crippen LogP contribution in [0, 0.1) is 0 Å². The van der Waals surface area contributed by atoms with E-state index in [-0.39, 0.29) is 23.3 Å². The van der Waals surface area contributed by atoms with E-state index >= 15 is 0 Å². The van der Waals surface area contributed by atoms with E-state index in [0.717, 1.165) is 0 Å². The number of rotatable bonds is 6. The van der Waals surface area contributed by atoms with Crippen LogP contribution in [0.3, 0.4) is 0 Å². The van der Waals surface area contributed by atoms with Gasteiger partial charge in [0.15, 0.2) is 6.61 Å². The van der Waals surface area contributed by atoms with Crippen molar-refractivity contribution in [3.63, 3.8) is 0 Å². The van der Waals surface area contributed by atoms with Crippen molar-refractivity contribution in [2.45, 2.75) is 0 Å². The molecule has 0 bridgehead atoms. The molecule has 0 aromatic heterocycles. The number of carbonyl (C=O) groups excluding carboxylic acids is 2. The van der Waals surface area contributed by atoms with Crippen LogP contribution in [-0.4, -0.2) is 18.3 Å². The van der Waals surface area contributed by atoms with E-state index in [9.17, 15) is 9.59 Å². The molecule has 27 heavy (non-hydrogen) atoms. The lowest BCUT2D eigenvalue weighted by atomic mass is 10.1. The number of hydrogen-bond acceptors (Lipinski definition) is 3. The zero-order valence-electron chi connectivity index (χ0n) is 14.1. The Hall–Kier alpha value is -2.82. The zero-order chi connectivity index (χ0) is 19.2. The molecule has 4 nitrogen and oxygen atoms in total. The molecule has 0 aliphatic rings. The molecule has 0 spiro atoms. The summed E-state index contributed by atoms with van der Waals surface area (Å²) in [6.07, 6.45) is 0. The second-order valence-electron chi connectivity index (χ2n) is 5.68. The molecule has 0 unspecified atom stereocenters. The van der Waals surface area contributed by atoms with Gasteiger partial charge in [-0.25, -0.2) is 0 Å². The lowest BCUT2D eigenvalue weighted by Crippen LogP contribution is -2.13. The minimum absolute atomic E-state index is 0.183. The number of nitrogens with one attached hydrogen (secondary N) is 1. The standard InChI is InChI=1S/C21H15Cl2NO3/c22-15-9-10-18(19(23)11-15)20(25)13-27-17-8-4-7-16(12-17)24-21(26)14-5-2-1-3-6-14/h1-12H,13H2,(H,24,26). The maximum atomic E-state index is 12.3. The molecule has 0 aliphatic heterocycles. The van der Waals surface area contributed by atoms with Gasteiger partial charge in [-0.15, -0.1) is 0 Å². The van der Waals surface area contributed by atoms with Gasteiger partial charge in [0.25, 0.3) is 5.91 Å². The van der Waals surface area contributed by atoms with E-state index in [1.807, 2.05) is 6.07 Å². The Bertz CT molecular complexity index is 974. The average molecular weight is 400 g/mol. The number of Topliss-reactive ketones (excluding diaryl/α,β-unsaturated/α-hetero) is 1. The molecular formula is C21H15Cl2NO3. The summed E-state index contributed by atoms with van der Waals surface area (Å²) in [5, 5.41) is 3.53. The number of anilines is 1. The van der Waals surface area contributed by atoms with E-state index in [2.05, 4.69) is 5.32 Å². The number of halogens is 2. The Balaban J connectivity index is 1.64. The molecule has 1 amide bonds. The highest BCUT2D eigenvalue weighted by Gasteiger charge is 2.12. The predicted octanol–water partition coefficient (Wildman–Crippen LogP) is 5.51. The van der Waals surface area contributed by atoms with Crippen LogP contribution in [-0.2, 0) is 0 Å². The van der Waals surface area contributed by atoms with Crippen molar-refractivity contribution in [2.24, 2.45) is 0 Å². The lowest BCUT2D eigenvalue weighted by Gasteiger charge is -2.10. The van der Waals surface area contributed by atoms with Gasteiger partial charge in [-0.2, -0.15) is 0 Å². The van der Waals surface area contributed by atoms with Crippen LogP contribution in [0.1, 0.15) is 20.7 Å². The number of ketones is 1. The van der Waals surface area contributed by atoms with Gasteiger partial charge < -0.3 is 10.1 Å². The van der Waals surface area contributed by atoms with Gasteiger partial charge in [0, 0.05) is 27.9 Å². The Morgan fingerprint density at radius 3 is 2.41 bits per heavy atom. The van der Waals surface area contributed by atoms with Crippen LogP contribution >= 0.6 is 23.2 Å². The van der Waals surface area contributed by atoms with Gasteiger partial charge in [0.2, 0.25) is 5.78 Å². The second kappa shape index (κ2) is 8.71. The first-order valence-electron chi connectivity index (χ1n) is 8.10. The first-order valence-corrected chi connectivity index (χ1v) is 8.86. The fraction of sp³-hybridized carbons (Fsp3) is 0.0476. The molecule has 0 atom stereocenters. The van der Waals surface area contributed by atoms with Gasteiger partial charge in [0.05, 0.1) is 5.02 Å². The fourth-order valence-electron chi connectivity index (χ4n) is 2.40. The van der Waals surface area contributed by atoms with Crippen LogP contribution in [0.5, 0.6) is 5.75 Å². The van der Waals surface area contributed by atoms with Gasteiger partial charge in [-0.1, -0.05) is 47.5 Å². The Labute approximate surface area is 166 Å². The molecule has 136 valence electrons. The summed E-state index contributed by atoms with van der Waals surface area (Å²) in [7, 11) is 0. The van der Waals surface area contributed by atoms with E-state index < -0.39 is 0 Å². The molecule has 0 heterocycles. The van der Waals surface area contributed by atoms with Crippen LogP contribution in [0.2, 0.25) is 10.0 Å². The maximum Gasteiger partial charge on any atom is 0.255 e. The highest BCUT2D eigenvalue weighted by atomic mass is 35.5. The Morgan fingerprint density at radius 1 is 0.889 bits per heavy atom. The average Bonchev–Trinajstić information content (AvgIpc) is 2.67. The summed E-state index contributed by atoms with van der Waals surface area (Å²) in [6.45, 7) is -0.183. The maximum absolute atomic E-state index is 12.3. The van der Waals surface area contributed by atoms with Crippen LogP contribution in [0.4, 0.5) is 5.69 Å². The van der Waals surface area contributed by atoms with Gasteiger partial charge >= 0.3 is 0 Å². The molecule has 0 saturated heterocycles. The second-order valence-corrected chi connectivity index (χ2v) is 6.53. The first kappa shape index (κ1) is 19.0. The first-order chi connectivity index (χ1) is 13.0. The minimum Gasteiger partial charge on any atom is -0.485 e. The van der Waals surface area contributed by atoms with Crippen molar-refractivity contribution in [3.8, 4) is 5.75 Å². The van der Waals surface area contributed by atoms with Crippen molar-refractivity contribution < 1.29 is 14.3 Å². The quantitative estimate of drug-likeness (QED) is 0.556. The van der Waals surface area contributed by atoms with E-state index in [4.69, 9.17) is 27.9 Å². The summed E-state index contributed by atoms with van der Waals surface area (Å²) >= 11 is 11.9. The van der Waals surface area contributed by atoms with Crippen molar-refractivity contribution >= 4 is 40.6 Å². The molecule has 1 N–H and O–H groups in total. The highest BCUT2D eigenvalue weighted by molar-refractivity contribution is 6.36. The van der Waals surface area contributed by atoms with Gasteiger partial charge in [-0.05, 0) is 42.5 Å². The molecule has 0 saturated carbocycles. The normalized spacial score (nSPS) is 10.3. The number of carbonyl (C=O) groups is 2. The summed E-state index contributed by atoms with van der Waals surface area (Å²) in [6, 6.07) is 20.4. The monoisotopic (exact) mass is 399 g/mol. The highest BCUT2D eigenvalue weighted by Crippen LogP contribution is 2.22. The van der Waals surface area contributed by atoms with Crippen LogP contribution in [0.15, 0.2) is 72.8 Å². The summed E-state index contributed by atoms with van der Waals surface area (Å²) < 4.78 is 5.54. The zero-order valence-corrected chi connectivity index (χ0v) is 15.6. The third-order valence-corrected chi connectivity index (χ3v) is 4.28. The Kier molecular flexibility index (Phi) is 6.12. The molecule has 3 aromatic rings. The van der Waals surface area contributed by atoms with Crippen molar-refractivity contribution in [1.82, 2.24) is 0 Å². The largest absolute Gasteiger partial charge is 0.485 e. The molecule has 3 aromatic carbocycles. The topological polar surface area (TPSA) is 55.4 Å². The molecule has 6 heteroatoms. The molecule has 0 aliphatic carbocycles. The molecule has 3 rings (SSSR count). The Morgan fingerprint density at radius 2 is 1.67 bits per heavy atom. The third kappa shape index (κ3) is 5.09. The molecule has 0 fully saturated rings. The third-order valence-electron chi connectivity index (χ3n) is 3.73. The van der Waals surface area contributed by atoms with Crippen molar-refractivity contribution in [2.75, 3.05) is 11.9 Å². The van der Waals surface area contributed by atoms with E-state index in [1.165, 1.54) is 6.07 Å². The van der Waals surface area contributed by atoms with Crippen molar-refractivity contribution in [3.05, 3.63) is 94.0 Å². The van der Waals surface area contributed by atoms with E-state index in [0.29, 0.717) is 27.6 Å². The summed E-state index contributed by atoms with van der Waals surface area (Å²) in [5.41, 5.74) is 1.46. The number of hydrogen-bond donors (Lipinski definition) is 1. The summed E-state index contributed by atoms with van der Waals surface area (Å²) in [5.74, 6) is -0.0357. The number of amides is 1. The SMILES string of the molecule is O=C(Nc1cccc(OCC(=O)c2ccc(Cl)cc2Cl)c1)c1ccccc1. The predicted molar refractivity (Wildman–Crippen MR) is 107 cm³/mol. The molecule has 0 radical (unpaired) electrons. The lowest BCUT2D eigenvalue weighted by molar-refractivity contribution is 0.0921. The van der Waals surface area contributed by atoms with E-state index in [1.54, 1.807) is 60.7 Å². The molecular weight excluding hydrogens is 385 g/mol. The number of ether oxygens (including phenoxy) is 1. The minimum atomic E-state index is -0.268. The smallest absolute Gasteiger partial charge is 0.255 e. The van der Waals surface area contributed by atoms with Crippen LogP contribution in [0.25, 0.3) is 0 Å². The van der Waals surface area contributed by atoms with Gasteiger partial charge in [0.1, 0.15) is 5.75 Å². The van der Waals surface area contributed by atoms with Crippen molar-refractivity contribution in [1.29, 1.82) is 0 Å². The van der Waals surface area contributed by atoms with Crippen LogP contribution < -0.4 is 10.1 Å². The fourth-order valence-corrected chi connectivity index (χ4v) is 2.91. The number of benzene rings is 3. The summed E-state index contributed by atoms with van der Waals surface area (Å²) in [4.78, 5) is 24.5. The van der Waals surface area contributed by atoms with Gasteiger partial charge in [-0.3, -0.25) is 9.59 Å².